The Bertz CT molecular complexity index is 483. The Morgan fingerprint density at radius 3 is 2.76 bits per heavy atom. The maximum absolute atomic E-state index is 10.9. The first-order valence-electron chi connectivity index (χ1n) is 7.62. The van der Waals surface area contributed by atoms with Crippen LogP contribution in [0.5, 0.6) is 0 Å². The summed E-state index contributed by atoms with van der Waals surface area (Å²) in [6, 6.07) is 1.99. The van der Waals surface area contributed by atoms with Crippen molar-refractivity contribution in [2.75, 3.05) is 24.5 Å². The number of piperidine rings is 1. The molecule has 6 nitrogen and oxygen atoms in total. The summed E-state index contributed by atoms with van der Waals surface area (Å²) in [6.45, 7) is 6.71. The van der Waals surface area contributed by atoms with Gasteiger partial charge in [-0.25, -0.2) is 9.97 Å². The van der Waals surface area contributed by atoms with E-state index >= 15 is 0 Å². The van der Waals surface area contributed by atoms with Gasteiger partial charge in [0.25, 0.3) is 0 Å². The zero-order valence-corrected chi connectivity index (χ0v) is 12.9. The standard InChI is InChI=1S/C15H25N5O/c1-11-18-14(10-16)9-15(19-11)20-7-4-13(5-8-20)3-6-17-12(2)21/h9,13H,3-8,10,16H2,1-2H3,(H,17,21). The maximum Gasteiger partial charge on any atom is 0.216 e. The molecule has 2 heterocycles. The molecule has 1 fully saturated rings. The van der Waals surface area contributed by atoms with E-state index < -0.39 is 0 Å². The maximum atomic E-state index is 10.9. The van der Waals surface area contributed by atoms with Crippen LogP contribution in [-0.4, -0.2) is 35.5 Å². The van der Waals surface area contributed by atoms with Crippen LogP contribution in [0.2, 0.25) is 0 Å². The van der Waals surface area contributed by atoms with Crippen LogP contribution < -0.4 is 16.0 Å². The summed E-state index contributed by atoms with van der Waals surface area (Å²) in [5, 5.41) is 2.87. The average Bonchev–Trinajstić information content (AvgIpc) is 2.47. The van der Waals surface area contributed by atoms with Crippen molar-refractivity contribution < 1.29 is 4.79 Å². The second-order valence-corrected chi connectivity index (χ2v) is 5.67. The molecule has 1 aliphatic rings. The number of hydrogen-bond acceptors (Lipinski definition) is 5. The van der Waals surface area contributed by atoms with Crippen molar-refractivity contribution >= 4 is 11.7 Å². The van der Waals surface area contributed by atoms with Gasteiger partial charge in [0.15, 0.2) is 0 Å². The minimum atomic E-state index is 0.0539. The molecule has 0 unspecified atom stereocenters. The van der Waals surface area contributed by atoms with E-state index in [-0.39, 0.29) is 5.91 Å². The van der Waals surface area contributed by atoms with E-state index in [0.717, 1.165) is 56.2 Å². The van der Waals surface area contributed by atoms with E-state index in [9.17, 15) is 4.79 Å². The van der Waals surface area contributed by atoms with Crippen LogP contribution in [0.15, 0.2) is 6.07 Å². The Kier molecular flexibility index (Phi) is 5.50. The number of aromatic nitrogens is 2. The second kappa shape index (κ2) is 7.36. The van der Waals surface area contributed by atoms with Gasteiger partial charge in [-0.2, -0.15) is 0 Å². The molecule has 0 atom stereocenters. The molecule has 3 N–H and O–H groups in total. The number of carbonyl (C=O) groups excluding carboxylic acids is 1. The summed E-state index contributed by atoms with van der Waals surface area (Å²) in [6.07, 6.45) is 3.34. The van der Waals surface area contributed by atoms with Gasteiger partial charge in [0, 0.05) is 39.2 Å². The molecule has 1 aromatic heterocycles. The monoisotopic (exact) mass is 291 g/mol. The van der Waals surface area contributed by atoms with Gasteiger partial charge in [-0.3, -0.25) is 4.79 Å². The van der Waals surface area contributed by atoms with Gasteiger partial charge in [0.2, 0.25) is 5.91 Å². The quantitative estimate of drug-likeness (QED) is 0.845. The first kappa shape index (κ1) is 15.7. The summed E-state index contributed by atoms with van der Waals surface area (Å²) >= 11 is 0. The van der Waals surface area contributed by atoms with Crippen molar-refractivity contribution in [1.29, 1.82) is 0 Å². The normalized spacial score (nSPS) is 16.0. The molecule has 6 heteroatoms. The SMILES string of the molecule is CC(=O)NCCC1CCN(c2cc(CN)nc(C)n2)CC1. The summed E-state index contributed by atoms with van der Waals surface area (Å²) < 4.78 is 0. The number of rotatable bonds is 5. The molecule has 1 saturated heterocycles. The Hall–Kier alpha value is -1.69. The Morgan fingerprint density at radius 1 is 1.43 bits per heavy atom. The minimum absolute atomic E-state index is 0.0539. The van der Waals surface area contributed by atoms with Gasteiger partial charge in [-0.05, 0) is 32.1 Å². The average molecular weight is 291 g/mol. The third kappa shape index (κ3) is 4.67. The minimum Gasteiger partial charge on any atom is -0.356 e. The largest absolute Gasteiger partial charge is 0.356 e. The van der Waals surface area contributed by atoms with E-state index in [1.165, 1.54) is 0 Å². The van der Waals surface area contributed by atoms with Crippen molar-refractivity contribution in [3.05, 3.63) is 17.6 Å². The first-order chi connectivity index (χ1) is 10.1. The molecule has 1 aromatic rings. The Labute approximate surface area is 126 Å². The smallest absolute Gasteiger partial charge is 0.216 e. The zero-order valence-electron chi connectivity index (χ0n) is 12.9. The lowest BCUT2D eigenvalue weighted by Gasteiger charge is -2.33. The molecule has 0 bridgehead atoms. The molecular formula is C15H25N5O. The van der Waals surface area contributed by atoms with E-state index in [1.807, 2.05) is 13.0 Å². The van der Waals surface area contributed by atoms with Gasteiger partial charge >= 0.3 is 0 Å². The Morgan fingerprint density at radius 2 is 2.14 bits per heavy atom. The van der Waals surface area contributed by atoms with Crippen molar-refractivity contribution in [3.63, 3.8) is 0 Å². The van der Waals surface area contributed by atoms with Crippen LogP contribution in [0.4, 0.5) is 5.82 Å². The second-order valence-electron chi connectivity index (χ2n) is 5.67. The summed E-state index contributed by atoms with van der Waals surface area (Å²) in [5.74, 6) is 2.51. The van der Waals surface area contributed by atoms with E-state index in [1.54, 1.807) is 6.92 Å². The number of aryl methyl sites for hydroxylation is 1. The summed E-state index contributed by atoms with van der Waals surface area (Å²) in [7, 11) is 0. The number of anilines is 1. The molecule has 0 aliphatic carbocycles. The van der Waals surface area contributed by atoms with Crippen LogP contribution in [0.1, 0.15) is 37.7 Å². The fourth-order valence-corrected chi connectivity index (χ4v) is 2.78. The highest BCUT2D eigenvalue weighted by atomic mass is 16.1. The van der Waals surface area contributed by atoms with Crippen molar-refractivity contribution in [1.82, 2.24) is 15.3 Å². The Balaban J connectivity index is 1.86. The highest BCUT2D eigenvalue weighted by Gasteiger charge is 2.20. The number of carbonyl (C=O) groups is 1. The number of nitrogens with zero attached hydrogens (tertiary/aromatic N) is 3. The number of nitrogens with two attached hydrogens (primary N) is 1. The van der Waals surface area contributed by atoms with Gasteiger partial charge in [-0.1, -0.05) is 0 Å². The lowest BCUT2D eigenvalue weighted by Crippen LogP contribution is -2.35. The van der Waals surface area contributed by atoms with Crippen LogP contribution in [0.25, 0.3) is 0 Å². The topological polar surface area (TPSA) is 84.1 Å². The zero-order chi connectivity index (χ0) is 15.2. The fourth-order valence-electron chi connectivity index (χ4n) is 2.78. The van der Waals surface area contributed by atoms with Crippen molar-refractivity contribution in [2.24, 2.45) is 11.7 Å². The lowest BCUT2D eigenvalue weighted by molar-refractivity contribution is -0.119. The molecule has 0 radical (unpaired) electrons. The third-order valence-electron chi connectivity index (χ3n) is 3.95. The number of amides is 1. The predicted octanol–water partition coefficient (Wildman–Crippen LogP) is 0.986. The van der Waals surface area contributed by atoms with Crippen LogP contribution in [0, 0.1) is 12.8 Å². The van der Waals surface area contributed by atoms with Gasteiger partial charge < -0.3 is 16.0 Å². The third-order valence-corrected chi connectivity index (χ3v) is 3.95. The molecule has 0 saturated carbocycles. The van der Waals surface area contributed by atoms with Crippen molar-refractivity contribution in [2.45, 2.75) is 39.7 Å². The lowest BCUT2D eigenvalue weighted by atomic mass is 9.93. The number of nitrogens with one attached hydrogen (secondary N) is 1. The predicted molar refractivity (Wildman–Crippen MR) is 82.9 cm³/mol. The number of hydrogen-bond donors (Lipinski definition) is 2. The molecule has 1 amide bonds. The molecule has 2 rings (SSSR count). The van der Waals surface area contributed by atoms with Gasteiger partial charge in [0.1, 0.15) is 11.6 Å². The molecule has 116 valence electrons. The molecule has 0 aromatic carbocycles. The summed E-state index contributed by atoms with van der Waals surface area (Å²) in [4.78, 5) is 22.0. The van der Waals surface area contributed by atoms with Gasteiger partial charge in [0.05, 0.1) is 5.69 Å². The molecular weight excluding hydrogens is 266 g/mol. The molecule has 21 heavy (non-hydrogen) atoms. The van der Waals surface area contributed by atoms with Crippen LogP contribution in [0.3, 0.4) is 0 Å². The van der Waals surface area contributed by atoms with E-state index in [4.69, 9.17) is 5.73 Å². The van der Waals surface area contributed by atoms with Gasteiger partial charge in [-0.15, -0.1) is 0 Å². The fraction of sp³-hybridized carbons (Fsp3) is 0.667. The van der Waals surface area contributed by atoms with Crippen molar-refractivity contribution in [3.8, 4) is 0 Å². The highest BCUT2D eigenvalue weighted by molar-refractivity contribution is 5.72. The van der Waals surface area contributed by atoms with Crippen LogP contribution >= 0.6 is 0 Å². The molecule has 1 aliphatic heterocycles. The summed E-state index contributed by atoms with van der Waals surface area (Å²) in [5.41, 5.74) is 6.57. The van der Waals surface area contributed by atoms with E-state index in [2.05, 4.69) is 20.2 Å². The first-order valence-corrected chi connectivity index (χ1v) is 7.62. The van der Waals surface area contributed by atoms with E-state index in [0.29, 0.717) is 12.5 Å². The highest BCUT2D eigenvalue weighted by Crippen LogP contribution is 2.24. The van der Waals surface area contributed by atoms with Crippen LogP contribution in [-0.2, 0) is 11.3 Å². The molecule has 0 spiro atoms.